The highest BCUT2D eigenvalue weighted by Crippen LogP contribution is 2.28. The van der Waals surface area contributed by atoms with Crippen LogP contribution in [0.25, 0.3) is 0 Å². The van der Waals surface area contributed by atoms with Crippen LogP contribution in [0.3, 0.4) is 0 Å². The van der Waals surface area contributed by atoms with Crippen molar-refractivity contribution in [2.24, 2.45) is 0 Å². The lowest BCUT2D eigenvalue weighted by Crippen LogP contribution is -2.38. The van der Waals surface area contributed by atoms with E-state index in [1.165, 1.54) is 0 Å². The molecule has 0 aliphatic carbocycles. The van der Waals surface area contributed by atoms with E-state index >= 15 is 0 Å². The van der Waals surface area contributed by atoms with Gasteiger partial charge in [0.1, 0.15) is 0 Å². The van der Waals surface area contributed by atoms with Crippen LogP contribution in [0.2, 0.25) is 5.02 Å². The quantitative estimate of drug-likeness (QED) is 0.699. The second-order valence-corrected chi connectivity index (χ2v) is 6.32. The Kier molecular flexibility index (Phi) is 7.69. The van der Waals surface area contributed by atoms with Gasteiger partial charge in [-0.25, -0.2) is 0 Å². The third-order valence-corrected chi connectivity index (χ3v) is 3.97. The lowest BCUT2D eigenvalue weighted by Gasteiger charge is -2.13. The largest absolute Gasteiger partial charge is 0.493 e. The zero-order valence-corrected chi connectivity index (χ0v) is 16.2. The van der Waals surface area contributed by atoms with Gasteiger partial charge in [0.25, 0.3) is 5.91 Å². The first kappa shape index (κ1) is 20.0. The van der Waals surface area contributed by atoms with Crippen molar-refractivity contribution >= 4 is 34.8 Å². The topological polar surface area (TPSA) is 59.6 Å². The lowest BCUT2D eigenvalue weighted by atomic mass is 10.2. The Bertz CT molecular complexity index is 766. The van der Waals surface area contributed by atoms with E-state index in [2.05, 4.69) is 10.6 Å². The first-order chi connectivity index (χ1) is 12.5. The maximum absolute atomic E-state index is 12.1. The first-order valence-corrected chi connectivity index (χ1v) is 8.96. The van der Waals surface area contributed by atoms with Crippen molar-refractivity contribution in [1.29, 1.82) is 0 Å². The summed E-state index contributed by atoms with van der Waals surface area (Å²) < 4.78 is 11.0. The van der Waals surface area contributed by atoms with Crippen LogP contribution in [0, 0.1) is 0 Å². The Morgan fingerprint density at radius 1 is 1.15 bits per heavy atom. The van der Waals surface area contributed by atoms with Crippen LogP contribution in [0.4, 0.5) is 0 Å². The van der Waals surface area contributed by atoms with Crippen LogP contribution in [0.15, 0.2) is 42.5 Å². The molecule has 7 heteroatoms. The van der Waals surface area contributed by atoms with Crippen LogP contribution in [-0.2, 0) is 6.54 Å². The summed E-state index contributed by atoms with van der Waals surface area (Å²) >= 11 is 11.0. The minimum atomic E-state index is -0.292. The van der Waals surface area contributed by atoms with Crippen LogP contribution >= 0.6 is 23.8 Å². The smallest absolute Gasteiger partial charge is 0.257 e. The van der Waals surface area contributed by atoms with E-state index in [-0.39, 0.29) is 11.0 Å². The molecule has 2 aromatic carbocycles. The second-order valence-electron chi connectivity index (χ2n) is 5.48. The fourth-order valence-electron chi connectivity index (χ4n) is 2.16. The summed E-state index contributed by atoms with van der Waals surface area (Å²) in [4.78, 5) is 12.1. The molecule has 2 rings (SSSR count). The Labute approximate surface area is 163 Å². The number of methoxy groups -OCH3 is 1. The first-order valence-electron chi connectivity index (χ1n) is 8.18. The van der Waals surface area contributed by atoms with Crippen molar-refractivity contribution in [1.82, 2.24) is 10.6 Å². The van der Waals surface area contributed by atoms with Gasteiger partial charge in [-0.1, -0.05) is 24.6 Å². The summed E-state index contributed by atoms with van der Waals surface area (Å²) in [6.45, 7) is 3.13. The second kappa shape index (κ2) is 9.99. The molecule has 0 atom stereocenters. The van der Waals surface area contributed by atoms with E-state index in [1.807, 2.05) is 25.1 Å². The summed E-state index contributed by atoms with van der Waals surface area (Å²) in [6, 6.07) is 12.2. The van der Waals surface area contributed by atoms with Gasteiger partial charge in [0.15, 0.2) is 16.6 Å². The van der Waals surface area contributed by atoms with Gasteiger partial charge in [0.05, 0.1) is 13.7 Å². The molecule has 0 heterocycles. The minimum absolute atomic E-state index is 0.246. The molecule has 0 radical (unpaired) electrons. The van der Waals surface area contributed by atoms with Crippen LogP contribution < -0.4 is 20.1 Å². The number of ether oxygens (including phenoxy) is 2. The molecule has 0 bridgehead atoms. The third kappa shape index (κ3) is 5.89. The third-order valence-electron chi connectivity index (χ3n) is 3.48. The molecule has 1 amide bonds. The zero-order chi connectivity index (χ0) is 18.9. The van der Waals surface area contributed by atoms with E-state index in [0.717, 1.165) is 12.0 Å². The van der Waals surface area contributed by atoms with Gasteiger partial charge in [0.2, 0.25) is 0 Å². The highest BCUT2D eigenvalue weighted by molar-refractivity contribution is 7.80. The van der Waals surface area contributed by atoms with Crippen molar-refractivity contribution in [2.45, 2.75) is 19.9 Å². The number of halogens is 1. The van der Waals surface area contributed by atoms with Crippen molar-refractivity contribution < 1.29 is 14.3 Å². The molecular formula is C19H21ClN2O3S. The zero-order valence-electron chi connectivity index (χ0n) is 14.7. The molecule has 5 nitrogen and oxygen atoms in total. The van der Waals surface area contributed by atoms with Crippen LogP contribution in [0.1, 0.15) is 29.3 Å². The van der Waals surface area contributed by atoms with Crippen molar-refractivity contribution in [2.75, 3.05) is 13.7 Å². The maximum atomic E-state index is 12.1. The standard InChI is InChI=1S/C19H21ClN2O3S/c1-3-10-25-16-9-4-13(11-17(16)24-2)12-21-19(26)22-18(23)14-5-7-15(20)8-6-14/h4-9,11H,3,10,12H2,1-2H3,(H2,21,22,23,26). The summed E-state index contributed by atoms with van der Waals surface area (Å²) in [5.41, 5.74) is 1.44. The van der Waals surface area contributed by atoms with Crippen LogP contribution in [0.5, 0.6) is 11.5 Å². The van der Waals surface area contributed by atoms with E-state index < -0.39 is 0 Å². The molecule has 0 spiro atoms. The molecule has 0 aromatic heterocycles. The average Bonchev–Trinajstić information content (AvgIpc) is 2.65. The van der Waals surface area contributed by atoms with Gasteiger partial charge in [-0.2, -0.15) is 0 Å². The van der Waals surface area contributed by atoms with Gasteiger partial charge in [0, 0.05) is 17.1 Å². The normalized spacial score (nSPS) is 10.1. The molecule has 0 saturated carbocycles. The summed E-state index contributed by atoms with van der Waals surface area (Å²) in [6.07, 6.45) is 0.925. The van der Waals surface area contributed by atoms with Gasteiger partial charge in [-0.3, -0.25) is 10.1 Å². The summed E-state index contributed by atoms with van der Waals surface area (Å²) in [7, 11) is 1.60. The molecule has 0 aliphatic heterocycles. The Morgan fingerprint density at radius 2 is 1.88 bits per heavy atom. The molecule has 0 fully saturated rings. The number of benzene rings is 2. The highest BCUT2D eigenvalue weighted by Gasteiger charge is 2.09. The predicted molar refractivity (Wildman–Crippen MR) is 107 cm³/mol. The number of hydrogen-bond donors (Lipinski definition) is 2. The molecule has 26 heavy (non-hydrogen) atoms. The fraction of sp³-hybridized carbons (Fsp3) is 0.263. The average molecular weight is 393 g/mol. The maximum Gasteiger partial charge on any atom is 0.257 e. The van der Waals surface area contributed by atoms with Crippen molar-refractivity contribution in [3.8, 4) is 11.5 Å². The summed E-state index contributed by atoms with van der Waals surface area (Å²) in [5.74, 6) is 1.07. The molecular weight excluding hydrogens is 372 g/mol. The van der Waals surface area contributed by atoms with Gasteiger partial charge in [-0.05, 0) is 60.6 Å². The number of rotatable bonds is 7. The SMILES string of the molecule is CCCOc1ccc(CNC(=S)NC(=O)c2ccc(Cl)cc2)cc1OC. The number of carbonyl (C=O) groups excluding carboxylic acids is 1. The van der Waals surface area contributed by atoms with Crippen LogP contribution in [-0.4, -0.2) is 24.7 Å². The molecule has 0 unspecified atom stereocenters. The Morgan fingerprint density at radius 3 is 2.54 bits per heavy atom. The van der Waals surface area contributed by atoms with E-state index in [4.69, 9.17) is 33.3 Å². The van der Waals surface area contributed by atoms with Gasteiger partial charge < -0.3 is 14.8 Å². The number of amides is 1. The number of nitrogens with one attached hydrogen (secondary N) is 2. The number of carbonyl (C=O) groups is 1. The molecule has 0 aliphatic rings. The predicted octanol–water partition coefficient (Wildman–Crippen LogP) is 3.94. The van der Waals surface area contributed by atoms with E-state index in [0.29, 0.717) is 35.2 Å². The number of hydrogen-bond acceptors (Lipinski definition) is 4. The molecule has 0 saturated heterocycles. The van der Waals surface area contributed by atoms with Crippen molar-refractivity contribution in [3.05, 3.63) is 58.6 Å². The van der Waals surface area contributed by atoms with Gasteiger partial charge >= 0.3 is 0 Å². The monoisotopic (exact) mass is 392 g/mol. The van der Waals surface area contributed by atoms with Crippen molar-refractivity contribution in [3.63, 3.8) is 0 Å². The Hall–Kier alpha value is -2.31. The minimum Gasteiger partial charge on any atom is -0.493 e. The summed E-state index contributed by atoms with van der Waals surface area (Å²) in [5, 5.41) is 6.46. The molecule has 2 aromatic rings. The van der Waals surface area contributed by atoms with E-state index in [9.17, 15) is 4.79 Å². The fourth-order valence-corrected chi connectivity index (χ4v) is 2.45. The lowest BCUT2D eigenvalue weighted by molar-refractivity contribution is 0.0976. The molecule has 138 valence electrons. The van der Waals surface area contributed by atoms with E-state index in [1.54, 1.807) is 31.4 Å². The highest BCUT2D eigenvalue weighted by atomic mass is 35.5. The number of thiocarbonyl (C=S) groups is 1. The Balaban J connectivity index is 1.90. The van der Waals surface area contributed by atoms with Gasteiger partial charge in [-0.15, -0.1) is 0 Å². The molecule has 2 N–H and O–H groups in total.